The number of carbonyl (C=O) groups is 2. The third-order valence-corrected chi connectivity index (χ3v) is 4.81. The number of rotatable bonds is 6. The Labute approximate surface area is 144 Å². The molecule has 1 saturated carbocycles. The molecule has 1 fully saturated rings. The first-order valence-electron chi connectivity index (χ1n) is 7.89. The van der Waals surface area contributed by atoms with Gasteiger partial charge in [0.1, 0.15) is 0 Å². The normalized spacial score (nSPS) is 14.9. The lowest BCUT2D eigenvalue weighted by atomic mass is 9.98. The summed E-state index contributed by atoms with van der Waals surface area (Å²) >= 11 is 1.43. The molecule has 1 aromatic carbocycles. The van der Waals surface area contributed by atoms with E-state index in [9.17, 15) is 9.59 Å². The molecule has 2 aromatic rings. The van der Waals surface area contributed by atoms with Gasteiger partial charge in [0.15, 0.2) is 5.13 Å². The number of aryl methyl sites for hydroxylation is 1. The highest BCUT2D eigenvalue weighted by molar-refractivity contribution is 7.13. The maximum atomic E-state index is 12.3. The van der Waals surface area contributed by atoms with Crippen molar-refractivity contribution in [2.75, 3.05) is 5.32 Å². The molecule has 7 heteroatoms. The van der Waals surface area contributed by atoms with E-state index in [0.29, 0.717) is 11.0 Å². The molecule has 3 rings (SSSR count). The van der Waals surface area contributed by atoms with Crippen LogP contribution in [0.5, 0.6) is 0 Å². The van der Waals surface area contributed by atoms with Crippen LogP contribution in [0, 0.1) is 6.92 Å². The van der Waals surface area contributed by atoms with Crippen molar-refractivity contribution in [3.8, 4) is 0 Å². The molecule has 1 aliphatic carbocycles. The van der Waals surface area contributed by atoms with Gasteiger partial charge in [-0.25, -0.2) is 9.78 Å². The standard InChI is InChI=1S/C17H20N4O2S/c1-10-4-2-3-5-12(10)13(19-16(18)23)8-15(22)21-17-20-14(9-24-17)11-6-7-11/h2-5,9,11,13H,6-8H2,1H3,(H3,18,19,23)(H,20,21,22)/t13-/m1/s1. The highest BCUT2D eigenvalue weighted by Gasteiger charge is 2.26. The lowest BCUT2D eigenvalue weighted by Crippen LogP contribution is -2.35. The summed E-state index contributed by atoms with van der Waals surface area (Å²) in [5.74, 6) is 0.358. The molecule has 0 unspecified atom stereocenters. The van der Waals surface area contributed by atoms with Crippen molar-refractivity contribution in [1.29, 1.82) is 0 Å². The molecular weight excluding hydrogens is 324 g/mol. The first-order valence-corrected chi connectivity index (χ1v) is 8.77. The molecule has 0 saturated heterocycles. The summed E-state index contributed by atoms with van der Waals surface area (Å²) in [6.07, 6.45) is 2.45. The smallest absolute Gasteiger partial charge is 0.312 e. The lowest BCUT2D eigenvalue weighted by Gasteiger charge is -2.19. The number of anilines is 1. The number of nitrogens with two attached hydrogens (primary N) is 1. The van der Waals surface area contributed by atoms with Crippen molar-refractivity contribution >= 4 is 28.4 Å². The van der Waals surface area contributed by atoms with Gasteiger partial charge in [-0.1, -0.05) is 24.3 Å². The number of aromatic nitrogens is 1. The Hall–Kier alpha value is -2.41. The quantitative estimate of drug-likeness (QED) is 0.751. The van der Waals surface area contributed by atoms with Crippen molar-refractivity contribution in [3.05, 3.63) is 46.5 Å². The third-order valence-electron chi connectivity index (χ3n) is 4.03. The number of nitrogens with zero attached hydrogens (tertiary/aromatic N) is 1. The lowest BCUT2D eigenvalue weighted by molar-refractivity contribution is -0.116. The van der Waals surface area contributed by atoms with E-state index in [1.807, 2.05) is 36.6 Å². The minimum absolute atomic E-state index is 0.103. The van der Waals surface area contributed by atoms with Crippen LogP contribution in [-0.2, 0) is 4.79 Å². The van der Waals surface area contributed by atoms with E-state index < -0.39 is 12.1 Å². The van der Waals surface area contributed by atoms with Crippen molar-refractivity contribution < 1.29 is 9.59 Å². The summed E-state index contributed by atoms with van der Waals surface area (Å²) in [5, 5.41) is 8.06. The maximum absolute atomic E-state index is 12.3. The number of urea groups is 1. The van der Waals surface area contributed by atoms with E-state index in [-0.39, 0.29) is 12.3 Å². The summed E-state index contributed by atoms with van der Waals surface area (Å²) in [7, 11) is 0. The van der Waals surface area contributed by atoms with Crippen molar-refractivity contribution in [2.45, 2.75) is 38.1 Å². The molecule has 0 aliphatic heterocycles. The molecule has 0 bridgehead atoms. The Morgan fingerprint density at radius 1 is 1.38 bits per heavy atom. The summed E-state index contributed by atoms with van der Waals surface area (Å²) in [5.41, 5.74) is 8.19. The van der Waals surface area contributed by atoms with Gasteiger partial charge >= 0.3 is 6.03 Å². The Morgan fingerprint density at radius 2 is 2.12 bits per heavy atom. The molecule has 24 heavy (non-hydrogen) atoms. The number of benzene rings is 1. The van der Waals surface area contributed by atoms with Gasteiger partial charge < -0.3 is 16.4 Å². The first-order chi connectivity index (χ1) is 11.5. The molecular formula is C17H20N4O2S. The second-order valence-corrected chi connectivity index (χ2v) is 6.88. The summed E-state index contributed by atoms with van der Waals surface area (Å²) < 4.78 is 0. The molecule has 3 amide bonds. The summed E-state index contributed by atoms with van der Waals surface area (Å²) in [4.78, 5) is 28.1. The number of nitrogens with one attached hydrogen (secondary N) is 2. The van der Waals surface area contributed by atoms with Gasteiger partial charge in [0, 0.05) is 11.3 Å². The zero-order valence-corrected chi connectivity index (χ0v) is 14.2. The monoisotopic (exact) mass is 344 g/mol. The van der Waals surface area contributed by atoms with E-state index in [2.05, 4.69) is 15.6 Å². The van der Waals surface area contributed by atoms with Crippen molar-refractivity contribution in [2.24, 2.45) is 5.73 Å². The summed E-state index contributed by atoms with van der Waals surface area (Å²) in [6.45, 7) is 1.94. The fourth-order valence-corrected chi connectivity index (χ4v) is 3.46. The van der Waals surface area contributed by atoms with Gasteiger partial charge in [-0.15, -0.1) is 11.3 Å². The van der Waals surface area contributed by atoms with Gasteiger partial charge in [0.25, 0.3) is 0 Å². The van der Waals surface area contributed by atoms with Crippen LogP contribution in [0.25, 0.3) is 0 Å². The number of primary amides is 1. The van der Waals surface area contributed by atoms with Crippen molar-refractivity contribution in [3.63, 3.8) is 0 Å². The van der Waals surface area contributed by atoms with Crippen LogP contribution in [0.2, 0.25) is 0 Å². The van der Waals surface area contributed by atoms with E-state index in [0.717, 1.165) is 16.8 Å². The SMILES string of the molecule is Cc1ccccc1[C@@H](CC(=O)Nc1nc(C2CC2)cs1)NC(N)=O. The molecule has 6 nitrogen and oxygen atoms in total. The fourth-order valence-electron chi connectivity index (χ4n) is 2.65. The zero-order valence-electron chi connectivity index (χ0n) is 13.4. The number of amides is 3. The van der Waals surface area contributed by atoms with Gasteiger partial charge in [-0.05, 0) is 30.9 Å². The van der Waals surface area contributed by atoms with Gasteiger partial charge in [-0.2, -0.15) is 0 Å². The number of hydrogen-bond acceptors (Lipinski definition) is 4. The Bertz CT molecular complexity index is 755. The van der Waals surface area contributed by atoms with E-state index in [1.54, 1.807) is 0 Å². The third kappa shape index (κ3) is 4.11. The molecule has 0 spiro atoms. The Morgan fingerprint density at radius 3 is 2.79 bits per heavy atom. The Balaban J connectivity index is 1.68. The highest BCUT2D eigenvalue weighted by atomic mass is 32.1. The van der Waals surface area contributed by atoms with E-state index in [4.69, 9.17) is 5.73 Å². The fraction of sp³-hybridized carbons (Fsp3) is 0.353. The largest absolute Gasteiger partial charge is 0.352 e. The van der Waals surface area contributed by atoms with Crippen LogP contribution in [0.4, 0.5) is 9.93 Å². The zero-order chi connectivity index (χ0) is 17.1. The molecule has 4 N–H and O–H groups in total. The van der Waals surface area contributed by atoms with Crippen LogP contribution < -0.4 is 16.4 Å². The molecule has 1 aliphatic rings. The minimum atomic E-state index is -0.652. The first kappa shape index (κ1) is 16.4. The average molecular weight is 344 g/mol. The topological polar surface area (TPSA) is 97.1 Å². The number of hydrogen-bond donors (Lipinski definition) is 3. The van der Waals surface area contributed by atoms with E-state index in [1.165, 1.54) is 24.2 Å². The van der Waals surface area contributed by atoms with Gasteiger partial charge in [-0.3, -0.25) is 4.79 Å². The van der Waals surface area contributed by atoms with Crippen molar-refractivity contribution in [1.82, 2.24) is 10.3 Å². The predicted molar refractivity (Wildman–Crippen MR) is 94.0 cm³/mol. The van der Waals surface area contributed by atoms with Crippen LogP contribution in [0.3, 0.4) is 0 Å². The molecule has 126 valence electrons. The van der Waals surface area contributed by atoms with Crippen LogP contribution in [0.15, 0.2) is 29.6 Å². The second kappa shape index (κ2) is 7.00. The second-order valence-electron chi connectivity index (χ2n) is 6.02. The number of thiazole rings is 1. The highest BCUT2D eigenvalue weighted by Crippen LogP contribution is 2.40. The van der Waals surface area contributed by atoms with Gasteiger partial charge in [0.05, 0.1) is 18.2 Å². The summed E-state index contributed by atoms with van der Waals surface area (Å²) in [6, 6.07) is 6.49. The maximum Gasteiger partial charge on any atom is 0.312 e. The molecule has 1 heterocycles. The molecule has 1 aromatic heterocycles. The molecule has 0 radical (unpaired) electrons. The van der Waals surface area contributed by atoms with Gasteiger partial charge in [0.2, 0.25) is 5.91 Å². The number of carbonyl (C=O) groups excluding carboxylic acids is 2. The van der Waals surface area contributed by atoms with Crippen LogP contribution in [0.1, 0.15) is 48.0 Å². The predicted octanol–water partition coefficient (Wildman–Crippen LogP) is 3.07. The van der Waals surface area contributed by atoms with Crippen LogP contribution >= 0.6 is 11.3 Å². The van der Waals surface area contributed by atoms with Crippen LogP contribution in [-0.4, -0.2) is 16.9 Å². The minimum Gasteiger partial charge on any atom is -0.352 e. The average Bonchev–Trinajstić information content (AvgIpc) is 3.27. The van der Waals surface area contributed by atoms with E-state index >= 15 is 0 Å². The Kier molecular flexibility index (Phi) is 4.80. The molecule has 1 atom stereocenters.